The van der Waals surface area contributed by atoms with E-state index in [0.29, 0.717) is 95.5 Å². The van der Waals surface area contributed by atoms with E-state index in [1.165, 1.54) is 19.3 Å². The van der Waals surface area contributed by atoms with E-state index in [9.17, 15) is 24.9 Å². The molecule has 4 fully saturated rings. The van der Waals surface area contributed by atoms with Crippen molar-refractivity contribution in [3.63, 3.8) is 0 Å². The lowest BCUT2D eigenvalue weighted by atomic mass is 10.1. The Labute approximate surface area is 650 Å². The van der Waals surface area contributed by atoms with Gasteiger partial charge in [0.05, 0.1) is 39.3 Å². The fourth-order valence-corrected chi connectivity index (χ4v) is 12.5. The molecule has 4 aliphatic rings. The van der Waals surface area contributed by atoms with Crippen LogP contribution in [0.5, 0.6) is 0 Å². The van der Waals surface area contributed by atoms with Gasteiger partial charge in [-0.3, -0.25) is 44.7 Å². The van der Waals surface area contributed by atoms with Gasteiger partial charge in [-0.05, 0) is 164 Å². The topological polar surface area (TPSA) is 332 Å². The molecule has 0 spiro atoms. The Kier molecular flexibility index (Phi) is 36.7. The number of carbonyl (C=O) groups is 3. The van der Waals surface area contributed by atoms with Crippen LogP contribution < -0.4 is 25.8 Å². The molecular weight excluding hydrogens is 1460 g/mol. The van der Waals surface area contributed by atoms with Crippen molar-refractivity contribution in [2.75, 3.05) is 152 Å². The summed E-state index contributed by atoms with van der Waals surface area (Å²) in [4.78, 5) is 87.4. The average Bonchev–Trinajstić information content (AvgIpc) is 0.797. The van der Waals surface area contributed by atoms with E-state index in [-0.39, 0.29) is 48.5 Å². The van der Waals surface area contributed by atoms with Crippen LogP contribution in [-0.4, -0.2) is 231 Å². The van der Waals surface area contributed by atoms with Crippen LogP contribution in [-0.2, 0) is 14.3 Å². The van der Waals surface area contributed by atoms with Crippen molar-refractivity contribution in [3.8, 4) is 24.3 Å². The van der Waals surface area contributed by atoms with E-state index in [1.54, 1.807) is 83.6 Å². The standard InChI is InChI=1S/C21H28N6O.C18H21N5O2.C14H14N4.C9H4BrN3.C9H18N2O2.C6H16N2.2ClH/c1-3-25(4-2)11-5-6-19(28)27-14-12-26(13-15-27)18-8-7-17(16-22)20-21(18)24-10-9-23-20;1-18(2,3)25-17(24)23-10-8-22(9-11-23)14-5-4-13(12-19)15-16(14)21-7-6-20-15;15-10-11-4-5-12(18-8-2-1-3-9-18)14-13(11)16-6-7-17-14;10-7-2-1-6(5-11)8-9(7)13-4-3-12-8;1-9(2,3)13-8(12)11-6-4-10-5-7-11;1-3-8(4-2)6-5-7;;/h7-10H,3-6,11-15H2,1-2H3;4-7H,8-11H2,1-3H3;4-7H,1-3,8-9H2;1-4H;10H,4-7H2,1-3H3;3-7H2,1-2H3;2*1H. The number of nitrogens with one attached hydrogen (secondary N) is 1. The Morgan fingerprint density at radius 3 is 1.11 bits per heavy atom. The number of rotatable bonds is 13. The molecule has 3 amide bonds. The SMILES string of the molecule is CC(C)(C)OC(=O)N1CCN(c2ccc(C#N)c3nccnc23)CC1.CC(C)(C)OC(=O)N1CCNCC1.CCN(CC)CCCC(=O)N1CCN(c2ccc(C#N)c3nccnc23)CC1.CCN(CC)CCN.Cl.Cl.N#Cc1ccc(Br)c2nccnc12.N#Cc1ccc(N2CCCCC2)c2nccnc12. The third-order valence-corrected chi connectivity index (χ3v) is 18.3. The number of benzene rings is 4. The van der Waals surface area contributed by atoms with Crippen LogP contribution in [0.2, 0.25) is 0 Å². The van der Waals surface area contributed by atoms with Crippen LogP contribution in [0.1, 0.15) is 124 Å². The molecule has 4 aromatic heterocycles. The van der Waals surface area contributed by atoms with Crippen molar-refractivity contribution in [3.05, 3.63) is 125 Å². The third-order valence-electron chi connectivity index (χ3n) is 17.7. The van der Waals surface area contributed by atoms with Crippen molar-refractivity contribution in [1.29, 1.82) is 21.0 Å². The molecule has 107 heavy (non-hydrogen) atoms. The molecular formula is C77H103BrCl2N22O5. The van der Waals surface area contributed by atoms with Crippen molar-refractivity contribution >= 4 is 120 Å². The first-order chi connectivity index (χ1) is 50.6. The van der Waals surface area contributed by atoms with Gasteiger partial charge in [0.1, 0.15) is 79.6 Å². The predicted molar refractivity (Wildman–Crippen MR) is 429 cm³/mol. The highest BCUT2D eigenvalue weighted by Crippen LogP contribution is 2.31. The number of amides is 3. The summed E-state index contributed by atoms with van der Waals surface area (Å²) in [6.45, 7) is 37.8. The molecule has 0 atom stereocenters. The Morgan fingerprint density at radius 2 is 0.766 bits per heavy atom. The maximum atomic E-state index is 12.5. The first-order valence-corrected chi connectivity index (χ1v) is 37.0. The fourth-order valence-electron chi connectivity index (χ4n) is 12.1. The molecule has 3 N–H and O–H groups in total. The lowest BCUT2D eigenvalue weighted by Gasteiger charge is -2.37. The Bertz CT molecular complexity index is 4310. The Balaban J connectivity index is 0.000000239. The van der Waals surface area contributed by atoms with E-state index in [4.69, 9.17) is 25.7 Å². The van der Waals surface area contributed by atoms with E-state index in [1.807, 2.05) is 70.7 Å². The predicted octanol–water partition coefficient (Wildman–Crippen LogP) is 11.5. The van der Waals surface area contributed by atoms with E-state index < -0.39 is 5.60 Å². The molecule has 4 aromatic carbocycles. The summed E-state index contributed by atoms with van der Waals surface area (Å²) in [5.74, 6) is 0.247. The van der Waals surface area contributed by atoms with Crippen molar-refractivity contribution in [2.24, 2.45) is 5.73 Å². The number of nitrogens with zero attached hydrogens (tertiary/aromatic N) is 20. The molecule has 0 saturated carbocycles. The Hall–Kier alpha value is -9.49. The second-order valence-corrected chi connectivity index (χ2v) is 27.8. The fraction of sp³-hybridized carbons (Fsp3) is 0.494. The number of piperazine rings is 3. The minimum Gasteiger partial charge on any atom is -0.444 e. The second kappa shape index (κ2) is 44.6. The number of aromatic nitrogens is 8. The molecule has 30 heteroatoms. The number of hydrogen-bond acceptors (Lipinski definition) is 24. The highest BCUT2D eigenvalue weighted by molar-refractivity contribution is 9.10. The zero-order valence-corrected chi connectivity index (χ0v) is 66.6. The highest BCUT2D eigenvalue weighted by atomic mass is 79.9. The molecule has 0 aliphatic carbocycles. The van der Waals surface area contributed by atoms with Crippen molar-refractivity contribution in [1.82, 2.24) is 69.7 Å². The Morgan fingerprint density at radius 1 is 0.449 bits per heavy atom. The van der Waals surface area contributed by atoms with Crippen molar-refractivity contribution < 1.29 is 23.9 Å². The number of nitrogens with two attached hydrogens (primary N) is 1. The molecule has 8 heterocycles. The van der Waals surface area contributed by atoms with Gasteiger partial charge in [-0.25, -0.2) is 9.59 Å². The summed E-state index contributed by atoms with van der Waals surface area (Å²) in [6, 6.07) is 23.4. The molecule has 27 nitrogen and oxygen atoms in total. The smallest absolute Gasteiger partial charge is 0.410 e. The lowest BCUT2D eigenvalue weighted by Crippen LogP contribution is -2.50. The van der Waals surface area contributed by atoms with Gasteiger partial charge in [0.2, 0.25) is 5.91 Å². The molecule has 8 aromatic rings. The van der Waals surface area contributed by atoms with Gasteiger partial charge >= 0.3 is 12.2 Å². The summed E-state index contributed by atoms with van der Waals surface area (Å²) in [7, 11) is 0. The third kappa shape index (κ3) is 26.2. The van der Waals surface area contributed by atoms with Gasteiger partial charge in [-0.1, -0.05) is 27.7 Å². The van der Waals surface area contributed by atoms with Gasteiger partial charge in [-0.15, -0.1) is 24.8 Å². The largest absolute Gasteiger partial charge is 0.444 e. The second-order valence-electron chi connectivity index (χ2n) is 27.0. The zero-order valence-electron chi connectivity index (χ0n) is 63.4. The minimum atomic E-state index is -0.493. The minimum absolute atomic E-state index is 0. The van der Waals surface area contributed by atoms with Crippen LogP contribution in [0.4, 0.5) is 26.7 Å². The number of anilines is 3. The normalized spacial score (nSPS) is 14.2. The summed E-state index contributed by atoms with van der Waals surface area (Å²) >= 11 is 3.35. The highest BCUT2D eigenvalue weighted by Gasteiger charge is 2.29. The number of halogens is 3. The summed E-state index contributed by atoms with van der Waals surface area (Å²) < 4.78 is 11.5. The zero-order chi connectivity index (χ0) is 75.9. The summed E-state index contributed by atoms with van der Waals surface area (Å²) in [6.07, 6.45) is 17.8. The summed E-state index contributed by atoms with van der Waals surface area (Å²) in [5.41, 5.74) is 15.3. The molecule has 572 valence electrons. The monoisotopic (exact) mass is 1560 g/mol. The van der Waals surface area contributed by atoms with Crippen LogP contribution in [0.3, 0.4) is 0 Å². The number of nitriles is 4. The molecule has 0 unspecified atom stereocenters. The van der Waals surface area contributed by atoms with Crippen LogP contribution >= 0.6 is 40.7 Å². The lowest BCUT2D eigenvalue weighted by molar-refractivity contribution is -0.131. The van der Waals surface area contributed by atoms with Crippen LogP contribution in [0.25, 0.3) is 44.1 Å². The van der Waals surface area contributed by atoms with Gasteiger partial charge < -0.3 is 59.7 Å². The van der Waals surface area contributed by atoms with Gasteiger partial charge in [0.15, 0.2) is 0 Å². The van der Waals surface area contributed by atoms with Gasteiger partial charge in [-0.2, -0.15) is 21.0 Å². The van der Waals surface area contributed by atoms with Gasteiger partial charge in [0, 0.05) is 165 Å². The quantitative estimate of drug-likeness (QED) is 0.108. The van der Waals surface area contributed by atoms with Crippen LogP contribution in [0, 0.1) is 45.3 Å². The van der Waals surface area contributed by atoms with E-state index in [2.05, 4.69) is 138 Å². The molecule has 0 radical (unpaired) electrons. The number of ether oxygens (including phenoxy) is 2. The number of hydrogen-bond donors (Lipinski definition) is 2. The number of fused-ring (bicyclic) bond motifs is 4. The molecule has 12 rings (SSSR count). The molecule has 0 bridgehead atoms. The summed E-state index contributed by atoms with van der Waals surface area (Å²) in [5, 5.41) is 39.6. The van der Waals surface area contributed by atoms with E-state index >= 15 is 0 Å². The maximum Gasteiger partial charge on any atom is 0.410 e. The average molecular weight is 1570 g/mol. The maximum absolute atomic E-state index is 12.5. The number of carbonyl (C=O) groups excluding carboxylic acids is 3. The first-order valence-electron chi connectivity index (χ1n) is 36.2. The molecule has 4 aliphatic heterocycles. The van der Waals surface area contributed by atoms with Gasteiger partial charge in [0.25, 0.3) is 0 Å². The first kappa shape index (κ1) is 88.1. The van der Waals surface area contributed by atoms with E-state index in [0.717, 1.165) is 143 Å². The number of likely N-dealkylation sites (N-methyl/N-ethyl adjacent to an activating group) is 1. The van der Waals surface area contributed by atoms with Crippen molar-refractivity contribution in [2.45, 2.75) is 113 Å². The van der Waals surface area contributed by atoms with Crippen LogP contribution in [0.15, 0.2) is 103 Å². The molecule has 4 saturated heterocycles. The number of piperidine rings is 1.